The van der Waals surface area contributed by atoms with Crippen LogP contribution in [0, 0.1) is 0 Å². The second-order valence-corrected chi connectivity index (χ2v) is 4.77. The fraction of sp³-hybridized carbons (Fsp3) is 0.353. The summed E-state index contributed by atoms with van der Waals surface area (Å²) in [5.41, 5.74) is 0.927. The van der Waals surface area contributed by atoms with Crippen LogP contribution >= 0.6 is 0 Å². The number of esters is 1. The van der Waals surface area contributed by atoms with Crippen LogP contribution in [0.3, 0.4) is 0 Å². The van der Waals surface area contributed by atoms with Gasteiger partial charge in [0.25, 0.3) is 5.91 Å². The van der Waals surface area contributed by atoms with Crippen LogP contribution in [0.4, 0.5) is 4.79 Å². The van der Waals surface area contributed by atoms with Gasteiger partial charge in [-0.1, -0.05) is 18.2 Å². The highest BCUT2D eigenvalue weighted by Crippen LogP contribution is 2.28. The highest BCUT2D eigenvalue weighted by Gasteiger charge is 2.12. The van der Waals surface area contributed by atoms with Gasteiger partial charge in [0.1, 0.15) is 0 Å². The number of carbonyl (C=O) groups is 3. The lowest BCUT2D eigenvalue weighted by molar-refractivity contribution is -0.150. The number of ether oxygens (including phenoxy) is 3. The first kappa shape index (κ1) is 20.0. The van der Waals surface area contributed by atoms with Gasteiger partial charge in [0, 0.05) is 6.54 Å². The molecule has 0 fully saturated rings. The number of methoxy groups -OCH3 is 1. The molecule has 1 rings (SSSR count). The van der Waals surface area contributed by atoms with Crippen molar-refractivity contribution in [2.75, 3.05) is 26.9 Å². The van der Waals surface area contributed by atoms with E-state index >= 15 is 0 Å². The summed E-state index contributed by atoms with van der Waals surface area (Å²) in [5.74, 6) is -0.630. The van der Waals surface area contributed by atoms with E-state index in [1.807, 2.05) is 30.5 Å². The summed E-state index contributed by atoms with van der Waals surface area (Å²) in [6, 6.07) is 4.60. The zero-order valence-electron chi connectivity index (χ0n) is 14.5. The van der Waals surface area contributed by atoms with Gasteiger partial charge >= 0.3 is 12.0 Å². The Labute approximate surface area is 146 Å². The van der Waals surface area contributed by atoms with E-state index in [0.717, 1.165) is 5.56 Å². The molecule has 0 heterocycles. The normalized spacial score (nSPS) is 10.2. The first-order valence-corrected chi connectivity index (χ1v) is 7.67. The Bertz CT molecular complexity index is 642. The zero-order valence-corrected chi connectivity index (χ0v) is 14.5. The molecule has 0 radical (unpaired) electrons. The number of amides is 3. The fourth-order valence-corrected chi connectivity index (χ4v) is 1.79. The summed E-state index contributed by atoms with van der Waals surface area (Å²) >= 11 is 0. The van der Waals surface area contributed by atoms with E-state index < -0.39 is 31.1 Å². The molecule has 0 aliphatic carbocycles. The van der Waals surface area contributed by atoms with Gasteiger partial charge in [0.05, 0.1) is 7.11 Å². The van der Waals surface area contributed by atoms with Gasteiger partial charge in [-0.2, -0.15) is 0 Å². The molecule has 0 atom stereocenters. The van der Waals surface area contributed by atoms with Gasteiger partial charge in [-0.15, -0.1) is 0 Å². The van der Waals surface area contributed by atoms with Crippen molar-refractivity contribution in [3.05, 3.63) is 29.8 Å². The fourth-order valence-electron chi connectivity index (χ4n) is 1.79. The van der Waals surface area contributed by atoms with E-state index in [0.29, 0.717) is 18.0 Å². The van der Waals surface area contributed by atoms with Gasteiger partial charge in [-0.3, -0.25) is 10.1 Å². The third kappa shape index (κ3) is 7.38. The Morgan fingerprint density at radius 1 is 1.16 bits per heavy atom. The van der Waals surface area contributed by atoms with Crippen molar-refractivity contribution in [1.29, 1.82) is 0 Å². The average molecular weight is 350 g/mol. The van der Waals surface area contributed by atoms with E-state index in [-0.39, 0.29) is 0 Å². The zero-order chi connectivity index (χ0) is 18.7. The van der Waals surface area contributed by atoms with Crippen LogP contribution in [0.2, 0.25) is 0 Å². The Kier molecular flexibility index (Phi) is 8.56. The number of hydrogen-bond acceptors (Lipinski definition) is 6. The lowest BCUT2D eigenvalue weighted by atomic mass is 10.2. The van der Waals surface area contributed by atoms with Gasteiger partial charge in [0.2, 0.25) is 0 Å². The molecule has 25 heavy (non-hydrogen) atoms. The lowest BCUT2D eigenvalue weighted by Crippen LogP contribution is -2.41. The van der Waals surface area contributed by atoms with Gasteiger partial charge in [0.15, 0.2) is 24.7 Å². The van der Waals surface area contributed by atoms with E-state index in [4.69, 9.17) is 14.2 Å². The van der Waals surface area contributed by atoms with E-state index in [2.05, 4.69) is 5.32 Å². The number of allylic oxidation sites excluding steroid dienone is 1. The van der Waals surface area contributed by atoms with Gasteiger partial charge in [-0.05, 0) is 31.5 Å². The second-order valence-electron chi connectivity index (χ2n) is 4.77. The average Bonchev–Trinajstić information content (AvgIpc) is 2.59. The molecule has 136 valence electrons. The molecule has 0 unspecified atom stereocenters. The Balaban J connectivity index is 2.46. The molecule has 0 saturated carbocycles. The standard InChI is InChI=1S/C17H22N2O6/c1-4-6-12-7-8-13(14(9-12)23-3)24-11-16(21)25-10-15(20)19-17(22)18-5-2/h4,6-9H,5,10-11H2,1-3H3,(H2,18,19,20,22)/b6-4+. The molecule has 1 aromatic carbocycles. The maximum atomic E-state index is 11.6. The molecule has 0 saturated heterocycles. The Hall–Kier alpha value is -3.03. The number of nitrogens with one attached hydrogen (secondary N) is 2. The minimum atomic E-state index is -0.745. The highest BCUT2D eigenvalue weighted by atomic mass is 16.6. The highest BCUT2D eigenvalue weighted by molar-refractivity contribution is 5.95. The van der Waals surface area contributed by atoms with Crippen LogP contribution in [0.15, 0.2) is 24.3 Å². The predicted octanol–water partition coefficient (Wildman–Crippen LogP) is 1.50. The smallest absolute Gasteiger partial charge is 0.344 e. The van der Waals surface area contributed by atoms with Crippen molar-refractivity contribution < 1.29 is 28.6 Å². The molecule has 2 N–H and O–H groups in total. The third-order valence-corrected chi connectivity index (χ3v) is 2.85. The van der Waals surface area contributed by atoms with E-state index in [1.165, 1.54) is 7.11 Å². The summed E-state index contributed by atoms with van der Waals surface area (Å²) in [6.07, 6.45) is 3.78. The van der Waals surface area contributed by atoms with E-state index in [1.54, 1.807) is 19.1 Å². The van der Waals surface area contributed by atoms with Crippen LogP contribution in [0.1, 0.15) is 19.4 Å². The first-order chi connectivity index (χ1) is 12.0. The van der Waals surface area contributed by atoms with Crippen molar-refractivity contribution in [1.82, 2.24) is 10.6 Å². The van der Waals surface area contributed by atoms with Crippen LogP contribution in [-0.2, 0) is 14.3 Å². The Morgan fingerprint density at radius 3 is 2.56 bits per heavy atom. The maximum absolute atomic E-state index is 11.6. The van der Waals surface area contributed by atoms with Crippen LogP contribution in [0.25, 0.3) is 6.08 Å². The van der Waals surface area contributed by atoms with E-state index in [9.17, 15) is 14.4 Å². The lowest BCUT2D eigenvalue weighted by Gasteiger charge is -2.11. The number of rotatable bonds is 8. The van der Waals surface area contributed by atoms with Crippen molar-refractivity contribution in [3.8, 4) is 11.5 Å². The summed E-state index contributed by atoms with van der Waals surface area (Å²) in [4.78, 5) is 34.1. The summed E-state index contributed by atoms with van der Waals surface area (Å²) in [7, 11) is 1.49. The number of hydrogen-bond donors (Lipinski definition) is 2. The molecule has 0 aromatic heterocycles. The minimum Gasteiger partial charge on any atom is -0.493 e. The SMILES string of the molecule is C/C=C/c1ccc(OCC(=O)OCC(=O)NC(=O)NCC)c(OC)c1. The van der Waals surface area contributed by atoms with Crippen molar-refractivity contribution in [2.45, 2.75) is 13.8 Å². The second kappa shape index (κ2) is 10.7. The Morgan fingerprint density at radius 2 is 1.92 bits per heavy atom. The molecule has 0 aliphatic heterocycles. The molecule has 8 heteroatoms. The minimum absolute atomic E-state index is 0.375. The van der Waals surface area contributed by atoms with Crippen LogP contribution in [-0.4, -0.2) is 44.8 Å². The molecule has 0 aliphatic rings. The molecular weight excluding hydrogens is 328 g/mol. The summed E-state index contributed by atoms with van der Waals surface area (Å²) in [6.45, 7) is 3.02. The summed E-state index contributed by atoms with van der Waals surface area (Å²) in [5, 5.41) is 4.40. The van der Waals surface area contributed by atoms with Gasteiger partial charge < -0.3 is 19.5 Å². The predicted molar refractivity (Wildman–Crippen MR) is 91.4 cm³/mol. The van der Waals surface area contributed by atoms with Crippen LogP contribution in [0.5, 0.6) is 11.5 Å². The monoisotopic (exact) mass is 350 g/mol. The van der Waals surface area contributed by atoms with Crippen molar-refractivity contribution >= 4 is 24.0 Å². The number of imide groups is 1. The van der Waals surface area contributed by atoms with Crippen LogP contribution < -0.4 is 20.1 Å². The first-order valence-electron chi connectivity index (χ1n) is 7.67. The molecular formula is C17H22N2O6. The maximum Gasteiger partial charge on any atom is 0.344 e. The number of carbonyl (C=O) groups excluding carboxylic acids is 3. The third-order valence-electron chi connectivity index (χ3n) is 2.85. The number of urea groups is 1. The number of benzene rings is 1. The summed E-state index contributed by atoms with van der Waals surface area (Å²) < 4.78 is 15.3. The molecule has 3 amide bonds. The largest absolute Gasteiger partial charge is 0.493 e. The topological polar surface area (TPSA) is 103 Å². The quantitative estimate of drug-likeness (QED) is 0.689. The van der Waals surface area contributed by atoms with Crippen molar-refractivity contribution in [3.63, 3.8) is 0 Å². The molecule has 1 aromatic rings. The molecule has 8 nitrogen and oxygen atoms in total. The molecule has 0 bridgehead atoms. The molecule has 0 spiro atoms. The van der Waals surface area contributed by atoms with Gasteiger partial charge in [-0.25, -0.2) is 9.59 Å². The van der Waals surface area contributed by atoms with Crippen molar-refractivity contribution in [2.24, 2.45) is 0 Å².